The van der Waals surface area contributed by atoms with Crippen molar-refractivity contribution in [2.45, 2.75) is 6.61 Å². The molecule has 0 fully saturated rings. The molecule has 118 valence electrons. The zero-order chi connectivity index (χ0) is 16.8. The molecule has 0 atom stereocenters. The normalized spacial score (nSPS) is 10.7. The van der Waals surface area contributed by atoms with E-state index >= 15 is 0 Å². The third-order valence-corrected chi connectivity index (χ3v) is 3.69. The molecule has 0 radical (unpaired) electrons. The summed E-state index contributed by atoms with van der Waals surface area (Å²) in [6.07, 6.45) is 2.45. The number of rotatable bonds is 5. The van der Waals surface area contributed by atoms with Gasteiger partial charge < -0.3 is 10.1 Å². The van der Waals surface area contributed by atoms with Crippen molar-refractivity contribution in [1.82, 2.24) is 0 Å². The Morgan fingerprint density at radius 3 is 2.91 bits per heavy atom. The van der Waals surface area contributed by atoms with Crippen molar-refractivity contribution >= 4 is 39.9 Å². The fourth-order valence-electron chi connectivity index (χ4n) is 1.67. The van der Waals surface area contributed by atoms with E-state index < -0.39 is 12.5 Å². The predicted molar refractivity (Wildman–Crippen MR) is 84.8 cm³/mol. The smallest absolute Gasteiger partial charge is 0.387 e. The van der Waals surface area contributed by atoms with E-state index in [2.05, 4.69) is 10.1 Å². The van der Waals surface area contributed by atoms with Gasteiger partial charge in [-0.1, -0.05) is 11.6 Å². The molecule has 1 aromatic heterocycles. The summed E-state index contributed by atoms with van der Waals surface area (Å²) in [5, 5.41) is 13.8. The summed E-state index contributed by atoms with van der Waals surface area (Å²) in [6, 6.07) is 7.62. The number of amides is 1. The molecule has 1 N–H and O–H groups in total. The first-order chi connectivity index (χ1) is 11.0. The Labute approximate surface area is 139 Å². The van der Waals surface area contributed by atoms with E-state index in [0.29, 0.717) is 15.6 Å². The predicted octanol–water partition coefficient (Wildman–Crippen LogP) is 4.53. The summed E-state index contributed by atoms with van der Waals surface area (Å²) in [7, 11) is 0. The van der Waals surface area contributed by atoms with Crippen molar-refractivity contribution < 1.29 is 18.3 Å². The van der Waals surface area contributed by atoms with Crippen LogP contribution >= 0.6 is 22.9 Å². The quantitative estimate of drug-likeness (QED) is 0.802. The van der Waals surface area contributed by atoms with Crippen LogP contribution in [0.5, 0.6) is 5.75 Å². The third-order valence-electron chi connectivity index (χ3n) is 2.62. The molecule has 1 heterocycles. The van der Waals surface area contributed by atoms with E-state index in [9.17, 15) is 13.6 Å². The average molecular weight is 355 g/mol. The molecular formula is C15H9ClF2N2O2S. The van der Waals surface area contributed by atoms with Crippen LogP contribution in [0, 0.1) is 11.3 Å². The van der Waals surface area contributed by atoms with Gasteiger partial charge in [0.15, 0.2) is 0 Å². The second-order valence-corrected chi connectivity index (χ2v) is 5.51. The fraction of sp³-hybridized carbons (Fsp3) is 0.0667. The highest BCUT2D eigenvalue weighted by molar-refractivity contribution is 7.14. The number of nitrogens with zero attached hydrogens (tertiary/aromatic N) is 1. The molecule has 0 aliphatic rings. The number of nitrogens with one attached hydrogen (secondary N) is 1. The Morgan fingerprint density at radius 1 is 1.43 bits per heavy atom. The van der Waals surface area contributed by atoms with Gasteiger partial charge in [0.1, 0.15) is 16.8 Å². The lowest BCUT2D eigenvalue weighted by Crippen LogP contribution is -2.07. The van der Waals surface area contributed by atoms with Crippen LogP contribution in [0.2, 0.25) is 5.02 Å². The van der Waals surface area contributed by atoms with Crippen molar-refractivity contribution in [3.63, 3.8) is 0 Å². The van der Waals surface area contributed by atoms with Crippen LogP contribution in [-0.4, -0.2) is 12.5 Å². The molecular weight excluding hydrogens is 346 g/mol. The van der Waals surface area contributed by atoms with Gasteiger partial charge in [-0.2, -0.15) is 14.0 Å². The van der Waals surface area contributed by atoms with E-state index in [1.807, 2.05) is 6.07 Å². The largest absolute Gasteiger partial charge is 0.434 e. The van der Waals surface area contributed by atoms with Gasteiger partial charge >= 0.3 is 6.61 Å². The summed E-state index contributed by atoms with van der Waals surface area (Å²) in [4.78, 5) is 11.8. The molecule has 0 saturated carbocycles. The summed E-state index contributed by atoms with van der Waals surface area (Å²) in [6.45, 7) is -2.98. The maximum atomic E-state index is 12.3. The number of nitriles is 1. The molecule has 0 aliphatic carbocycles. The Balaban J connectivity index is 2.14. The highest BCUT2D eigenvalue weighted by atomic mass is 35.5. The second kappa shape index (κ2) is 7.72. The molecule has 1 aromatic carbocycles. The number of ether oxygens (including phenoxy) is 1. The minimum absolute atomic E-state index is 0.0951. The number of benzene rings is 1. The first-order valence-electron chi connectivity index (χ1n) is 6.20. The Morgan fingerprint density at radius 2 is 2.22 bits per heavy atom. The van der Waals surface area contributed by atoms with Gasteiger partial charge in [0.25, 0.3) is 0 Å². The zero-order valence-electron chi connectivity index (χ0n) is 11.4. The SMILES string of the molecule is N#Cc1ccsc1NC(=O)/C=C/c1cc(Cl)ccc1OC(F)F. The van der Waals surface area contributed by atoms with Gasteiger partial charge in [-0.25, -0.2) is 0 Å². The maximum Gasteiger partial charge on any atom is 0.387 e. The minimum atomic E-state index is -2.98. The molecule has 1 amide bonds. The molecule has 0 spiro atoms. The van der Waals surface area contributed by atoms with E-state index in [1.165, 1.54) is 35.6 Å². The van der Waals surface area contributed by atoms with Crippen LogP contribution in [-0.2, 0) is 4.79 Å². The van der Waals surface area contributed by atoms with Gasteiger partial charge in [-0.05, 0) is 35.7 Å². The molecule has 8 heteroatoms. The highest BCUT2D eigenvalue weighted by Gasteiger charge is 2.10. The fourth-order valence-corrected chi connectivity index (χ4v) is 2.59. The van der Waals surface area contributed by atoms with Crippen LogP contribution < -0.4 is 10.1 Å². The Kier molecular flexibility index (Phi) is 5.68. The lowest BCUT2D eigenvalue weighted by atomic mass is 10.2. The van der Waals surface area contributed by atoms with Gasteiger partial charge in [-0.15, -0.1) is 11.3 Å². The van der Waals surface area contributed by atoms with Crippen molar-refractivity contribution in [3.05, 3.63) is 51.9 Å². The molecule has 4 nitrogen and oxygen atoms in total. The van der Waals surface area contributed by atoms with Crippen LogP contribution in [0.4, 0.5) is 13.8 Å². The summed E-state index contributed by atoms with van der Waals surface area (Å²) in [5.41, 5.74) is 0.584. The van der Waals surface area contributed by atoms with Crippen LogP contribution in [0.15, 0.2) is 35.7 Å². The van der Waals surface area contributed by atoms with Gasteiger partial charge in [0.05, 0.1) is 5.56 Å². The van der Waals surface area contributed by atoms with Gasteiger partial charge in [0.2, 0.25) is 5.91 Å². The summed E-state index contributed by atoms with van der Waals surface area (Å²) in [5.74, 6) is -0.603. The number of halogens is 3. The third kappa shape index (κ3) is 4.77. The van der Waals surface area contributed by atoms with Gasteiger partial charge in [-0.3, -0.25) is 4.79 Å². The first-order valence-corrected chi connectivity index (χ1v) is 7.46. The molecule has 0 bridgehead atoms. The molecule has 2 aromatic rings. The minimum Gasteiger partial charge on any atom is -0.434 e. The number of thiophene rings is 1. The summed E-state index contributed by atoms with van der Waals surface area (Å²) < 4.78 is 29.1. The lowest BCUT2D eigenvalue weighted by molar-refractivity contribution is -0.111. The van der Waals surface area contributed by atoms with Gasteiger partial charge in [0, 0.05) is 16.7 Å². The van der Waals surface area contributed by atoms with Crippen molar-refractivity contribution in [1.29, 1.82) is 5.26 Å². The first kappa shape index (κ1) is 16.9. The number of hydrogen-bond acceptors (Lipinski definition) is 4. The van der Waals surface area contributed by atoms with Crippen molar-refractivity contribution in [2.24, 2.45) is 0 Å². The maximum absolute atomic E-state index is 12.3. The van der Waals surface area contributed by atoms with E-state index in [4.69, 9.17) is 16.9 Å². The van der Waals surface area contributed by atoms with Crippen LogP contribution in [0.25, 0.3) is 6.08 Å². The molecule has 0 aliphatic heterocycles. The number of hydrogen-bond donors (Lipinski definition) is 1. The highest BCUT2D eigenvalue weighted by Crippen LogP contribution is 2.26. The van der Waals surface area contributed by atoms with Crippen LogP contribution in [0.3, 0.4) is 0 Å². The number of anilines is 1. The Hall–Kier alpha value is -2.43. The topological polar surface area (TPSA) is 62.1 Å². The molecule has 0 unspecified atom stereocenters. The molecule has 0 saturated heterocycles. The zero-order valence-corrected chi connectivity index (χ0v) is 13.0. The van der Waals surface area contributed by atoms with Crippen molar-refractivity contribution in [3.8, 4) is 11.8 Å². The number of carbonyl (C=O) groups excluding carboxylic acids is 1. The lowest BCUT2D eigenvalue weighted by Gasteiger charge is -2.08. The van der Waals surface area contributed by atoms with E-state index in [-0.39, 0.29) is 11.3 Å². The average Bonchev–Trinajstić information content (AvgIpc) is 2.94. The molecule has 2 rings (SSSR count). The number of carbonyl (C=O) groups is 1. The van der Waals surface area contributed by atoms with E-state index in [1.54, 1.807) is 11.4 Å². The summed E-state index contributed by atoms with van der Waals surface area (Å²) >= 11 is 7.02. The van der Waals surface area contributed by atoms with E-state index in [0.717, 1.165) is 6.08 Å². The standard InChI is InChI=1S/C15H9ClF2N2O2S/c16-11-2-3-12(22-15(17)18)9(7-11)1-4-13(21)20-14-10(8-19)5-6-23-14/h1-7,15H,(H,20,21)/b4-1+. The van der Waals surface area contributed by atoms with Crippen LogP contribution in [0.1, 0.15) is 11.1 Å². The monoisotopic (exact) mass is 354 g/mol. The molecule has 23 heavy (non-hydrogen) atoms. The second-order valence-electron chi connectivity index (χ2n) is 4.16. The Bertz CT molecular complexity index is 784. The van der Waals surface area contributed by atoms with Crippen molar-refractivity contribution in [2.75, 3.05) is 5.32 Å². The number of alkyl halides is 2.